The summed E-state index contributed by atoms with van der Waals surface area (Å²) in [6, 6.07) is 9.89. The SMILES string of the molecule is CCc1ccc(CNc2ccc(C(N)=S)cc2Cl)s1. The fourth-order valence-corrected chi connectivity index (χ4v) is 2.97. The van der Waals surface area contributed by atoms with Gasteiger partial charge in [0.2, 0.25) is 0 Å². The summed E-state index contributed by atoms with van der Waals surface area (Å²) >= 11 is 12.9. The number of aryl methyl sites for hydroxylation is 1. The van der Waals surface area contributed by atoms with E-state index in [4.69, 9.17) is 29.6 Å². The van der Waals surface area contributed by atoms with Crippen LogP contribution in [0.1, 0.15) is 22.2 Å². The van der Waals surface area contributed by atoms with Crippen LogP contribution in [0.5, 0.6) is 0 Å². The molecule has 0 radical (unpaired) electrons. The molecule has 19 heavy (non-hydrogen) atoms. The van der Waals surface area contributed by atoms with Crippen molar-refractivity contribution in [3.05, 3.63) is 50.7 Å². The van der Waals surface area contributed by atoms with Gasteiger partial charge in [-0.25, -0.2) is 0 Å². The summed E-state index contributed by atoms with van der Waals surface area (Å²) in [5.41, 5.74) is 7.25. The molecule has 0 aliphatic rings. The van der Waals surface area contributed by atoms with Crippen LogP contribution in [0.25, 0.3) is 0 Å². The normalized spacial score (nSPS) is 10.4. The molecule has 2 nitrogen and oxygen atoms in total. The summed E-state index contributed by atoms with van der Waals surface area (Å²) in [6.07, 6.45) is 1.08. The highest BCUT2D eigenvalue weighted by Gasteiger charge is 2.04. The fraction of sp³-hybridized carbons (Fsp3) is 0.214. The van der Waals surface area contributed by atoms with Gasteiger partial charge >= 0.3 is 0 Å². The predicted molar refractivity (Wildman–Crippen MR) is 88.4 cm³/mol. The second-order valence-corrected chi connectivity index (χ2v) is 6.23. The van der Waals surface area contributed by atoms with E-state index in [1.165, 1.54) is 9.75 Å². The van der Waals surface area contributed by atoms with Gasteiger partial charge in [-0.05, 0) is 36.8 Å². The van der Waals surface area contributed by atoms with Crippen LogP contribution in [0, 0.1) is 0 Å². The Kier molecular flexibility index (Phi) is 4.80. The zero-order valence-electron chi connectivity index (χ0n) is 10.6. The average molecular weight is 311 g/mol. The molecule has 100 valence electrons. The minimum atomic E-state index is 0.360. The first-order chi connectivity index (χ1) is 9.10. The van der Waals surface area contributed by atoms with Gasteiger partial charge in [-0.3, -0.25) is 0 Å². The second kappa shape index (κ2) is 6.37. The highest BCUT2D eigenvalue weighted by molar-refractivity contribution is 7.80. The quantitative estimate of drug-likeness (QED) is 0.812. The van der Waals surface area contributed by atoms with Crippen LogP contribution in [0.4, 0.5) is 5.69 Å². The summed E-state index contributed by atoms with van der Waals surface area (Å²) in [4.78, 5) is 3.05. The lowest BCUT2D eigenvalue weighted by atomic mass is 10.2. The van der Waals surface area contributed by atoms with E-state index < -0.39 is 0 Å². The van der Waals surface area contributed by atoms with E-state index in [-0.39, 0.29) is 0 Å². The highest BCUT2D eigenvalue weighted by atomic mass is 35.5. The minimum absolute atomic E-state index is 0.360. The van der Waals surface area contributed by atoms with Gasteiger partial charge in [0.25, 0.3) is 0 Å². The van der Waals surface area contributed by atoms with Crippen LogP contribution in [-0.2, 0) is 13.0 Å². The van der Waals surface area contributed by atoms with Gasteiger partial charge in [-0.15, -0.1) is 11.3 Å². The Morgan fingerprint density at radius 3 is 2.63 bits per heavy atom. The number of hydrogen-bond acceptors (Lipinski definition) is 3. The van der Waals surface area contributed by atoms with Gasteiger partial charge in [0.1, 0.15) is 4.99 Å². The van der Waals surface area contributed by atoms with Crippen LogP contribution in [0.15, 0.2) is 30.3 Å². The van der Waals surface area contributed by atoms with Crippen LogP contribution in [0.2, 0.25) is 5.02 Å². The van der Waals surface area contributed by atoms with Crippen molar-refractivity contribution in [1.29, 1.82) is 0 Å². The van der Waals surface area contributed by atoms with Crippen LogP contribution >= 0.6 is 35.2 Å². The number of thiocarbonyl (C=S) groups is 1. The summed E-state index contributed by atoms with van der Waals surface area (Å²) < 4.78 is 0. The molecule has 0 spiro atoms. The Hall–Kier alpha value is -1.10. The van der Waals surface area contributed by atoms with E-state index in [0.717, 1.165) is 24.2 Å². The molecule has 0 amide bonds. The van der Waals surface area contributed by atoms with Gasteiger partial charge in [-0.1, -0.05) is 30.7 Å². The maximum absolute atomic E-state index is 6.20. The molecule has 1 aromatic heterocycles. The van der Waals surface area contributed by atoms with Crippen molar-refractivity contribution in [2.24, 2.45) is 5.73 Å². The molecule has 1 heterocycles. The third kappa shape index (κ3) is 3.69. The Labute approximate surface area is 127 Å². The van der Waals surface area contributed by atoms with Crippen molar-refractivity contribution in [2.45, 2.75) is 19.9 Å². The third-order valence-corrected chi connectivity index (χ3v) is 4.55. The Balaban J connectivity index is 2.05. The maximum atomic E-state index is 6.20. The number of benzene rings is 1. The molecule has 0 bridgehead atoms. The number of rotatable bonds is 5. The zero-order chi connectivity index (χ0) is 13.8. The molecule has 3 N–H and O–H groups in total. The fourth-order valence-electron chi connectivity index (χ4n) is 1.70. The van der Waals surface area contributed by atoms with Gasteiger partial charge < -0.3 is 11.1 Å². The summed E-state index contributed by atoms with van der Waals surface area (Å²) in [5, 5.41) is 3.96. The van der Waals surface area contributed by atoms with Crippen LogP contribution in [0.3, 0.4) is 0 Å². The standard InChI is InChI=1S/C14H15ClN2S2/c1-2-10-4-5-11(19-10)8-17-13-6-3-9(14(16)18)7-12(13)15/h3-7,17H,2,8H2,1H3,(H2,16,18). The van der Waals surface area contributed by atoms with Crippen molar-refractivity contribution in [2.75, 3.05) is 5.32 Å². The number of halogens is 1. The Morgan fingerprint density at radius 2 is 2.05 bits per heavy atom. The molecule has 0 saturated carbocycles. The predicted octanol–water partition coefficient (Wildman–Crippen LogP) is 4.21. The van der Waals surface area contributed by atoms with E-state index in [2.05, 4.69) is 24.4 Å². The molecule has 2 rings (SSSR count). The van der Waals surface area contributed by atoms with Gasteiger partial charge in [0.05, 0.1) is 10.7 Å². The Bertz CT molecular complexity index is 593. The molecule has 0 fully saturated rings. The van der Waals surface area contributed by atoms with Gasteiger partial charge in [0, 0.05) is 21.9 Å². The molecule has 1 aromatic carbocycles. The minimum Gasteiger partial charge on any atom is -0.389 e. The molecule has 0 atom stereocenters. The van der Waals surface area contributed by atoms with Crippen molar-refractivity contribution >= 4 is 45.8 Å². The topological polar surface area (TPSA) is 38.0 Å². The summed E-state index contributed by atoms with van der Waals surface area (Å²) in [7, 11) is 0. The van der Waals surface area contributed by atoms with Gasteiger partial charge in [-0.2, -0.15) is 0 Å². The van der Waals surface area contributed by atoms with Crippen molar-refractivity contribution in [3.63, 3.8) is 0 Å². The van der Waals surface area contributed by atoms with E-state index >= 15 is 0 Å². The Morgan fingerprint density at radius 1 is 1.32 bits per heavy atom. The molecule has 0 unspecified atom stereocenters. The molecular formula is C14H15ClN2S2. The maximum Gasteiger partial charge on any atom is 0.104 e. The number of nitrogens with two attached hydrogens (primary N) is 1. The first kappa shape index (κ1) is 14.3. The largest absolute Gasteiger partial charge is 0.389 e. The molecular weight excluding hydrogens is 296 g/mol. The van der Waals surface area contributed by atoms with E-state index in [0.29, 0.717) is 10.0 Å². The molecule has 0 aliphatic carbocycles. The molecule has 0 aliphatic heterocycles. The third-order valence-electron chi connectivity index (χ3n) is 2.77. The second-order valence-electron chi connectivity index (χ2n) is 4.13. The molecule has 5 heteroatoms. The van der Waals surface area contributed by atoms with Crippen molar-refractivity contribution < 1.29 is 0 Å². The first-order valence-electron chi connectivity index (χ1n) is 6.01. The zero-order valence-corrected chi connectivity index (χ0v) is 13.0. The van der Waals surface area contributed by atoms with Crippen molar-refractivity contribution in [1.82, 2.24) is 0 Å². The summed E-state index contributed by atoms with van der Waals surface area (Å²) in [6.45, 7) is 2.94. The van der Waals surface area contributed by atoms with E-state index in [1.54, 1.807) is 6.07 Å². The lowest BCUT2D eigenvalue weighted by Crippen LogP contribution is -2.09. The number of anilines is 1. The molecule has 2 aromatic rings. The average Bonchev–Trinajstić information content (AvgIpc) is 2.85. The summed E-state index contributed by atoms with van der Waals surface area (Å²) in [5.74, 6) is 0. The number of thiophene rings is 1. The van der Waals surface area contributed by atoms with Crippen molar-refractivity contribution in [3.8, 4) is 0 Å². The molecule has 0 saturated heterocycles. The monoisotopic (exact) mass is 310 g/mol. The van der Waals surface area contributed by atoms with Crippen LogP contribution in [-0.4, -0.2) is 4.99 Å². The highest BCUT2D eigenvalue weighted by Crippen LogP contribution is 2.25. The lowest BCUT2D eigenvalue weighted by Gasteiger charge is -2.08. The number of nitrogens with one attached hydrogen (secondary N) is 1. The number of hydrogen-bond donors (Lipinski definition) is 2. The first-order valence-corrected chi connectivity index (χ1v) is 7.61. The van der Waals surface area contributed by atoms with E-state index in [9.17, 15) is 0 Å². The smallest absolute Gasteiger partial charge is 0.104 e. The van der Waals surface area contributed by atoms with Crippen LogP contribution < -0.4 is 11.1 Å². The van der Waals surface area contributed by atoms with Gasteiger partial charge in [0.15, 0.2) is 0 Å². The van der Waals surface area contributed by atoms with E-state index in [1.807, 2.05) is 23.5 Å². The lowest BCUT2D eigenvalue weighted by molar-refractivity contribution is 1.19.